The number of ether oxygens (including phenoxy) is 1. The third-order valence-electron chi connectivity index (χ3n) is 3.92. The molecule has 0 aliphatic heterocycles. The average Bonchev–Trinajstić information content (AvgIpc) is 3.38. The number of thiophene rings is 1. The van der Waals surface area contributed by atoms with E-state index in [1.807, 2.05) is 24.4 Å². The van der Waals surface area contributed by atoms with Crippen molar-refractivity contribution in [2.75, 3.05) is 18.5 Å². The van der Waals surface area contributed by atoms with Gasteiger partial charge in [0.1, 0.15) is 5.75 Å². The number of para-hydroxylation sites is 2. The minimum Gasteiger partial charge on any atom is -0.482 e. The molecule has 0 aliphatic carbocycles. The van der Waals surface area contributed by atoms with E-state index in [1.165, 1.54) is 18.3 Å². The molecule has 0 fully saturated rings. The molecule has 9 heteroatoms. The minimum atomic E-state index is -0.210. The fraction of sp³-hybridized carbons (Fsp3) is 0.300. The van der Waals surface area contributed by atoms with E-state index in [0.717, 1.165) is 11.3 Å². The Balaban J connectivity index is 1.64. The van der Waals surface area contributed by atoms with Gasteiger partial charge in [-0.05, 0) is 30.0 Å². The first kappa shape index (κ1) is 20.5. The summed E-state index contributed by atoms with van der Waals surface area (Å²) >= 11 is 1.51. The van der Waals surface area contributed by atoms with E-state index in [9.17, 15) is 9.59 Å². The first-order valence-corrected chi connectivity index (χ1v) is 10.1. The smallest absolute Gasteiger partial charge is 0.260 e. The number of carbonyl (C=O) groups excluding carboxylic acids is 2. The summed E-state index contributed by atoms with van der Waals surface area (Å²) in [5, 5.41) is 12.7. The summed E-state index contributed by atoms with van der Waals surface area (Å²) in [5.74, 6) is 0.830. The molecule has 2 aromatic heterocycles. The van der Waals surface area contributed by atoms with Crippen LogP contribution < -0.4 is 10.1 Å². The van der Waals surface area contributed by atoms with Gasteiger partial charge in [-0.1, -0.05) is 25.1 Å². The first-order chi connectivity index (χ1) is 14.1. The molecule has 0 unspecified atom stereocenters. The molecule has 2 heterocycles. The summed E-state index contributed by atoms with van der Waals surface area (Å²) in [4.78, 5) is 26.5. The molecule has 1 N–H and O–H groups in total. The molecular formula is C20H22N4O4S. The van der Waals surface area contributed by atoms with Gasteiger partial charge in [0, 0.05) is 13.5 Å². The van der Waals surface area contributed by atoms with E-state index < -0.39 is 0 Å². The predicted octanol–water partition coefficient (Wildman–Crippen LogP) is 3.57. The topological polar surface area (TPSA) is 97.6 Å². The van der Waals surface area contributed by atoms with E-state index in [2.05, 4.69) is 15.5 Å². The van der Waals surface area contributed by atoms with Crippen LogP contribution >= 0.6 is 11.3 Å². The van der Waals surface area contributed by atoms with Crippen LogP contribution in [0.4, 0.5) is 5.69 Å². The summed E-state index contributed by atoms with van der Waals surface area (Å²) in [7, 11) is 0. The predicted molar refractivity (Wildman–Crippen MR) is 110 cm³/mol. The standard InChI is InChI=1S/C20H22N4O4S/c1-3-10-24(12-18-22-23-20(28-18)17-9-6-11-29-17)19(26)13-27-16-8-5-4-7-15(16)21-14(2)25/h4-9,11H,3,10,12-13H2,1-2H3,(H,21,25). The van der Waals surface area contributed by atoms with E-state index >= 15 is 0 Å². The van der Waals surface area contributed by atoms with E-state index in [1.54, 1.807) is 29.2 Å². The van der Waals surface area contributed by atoms with Gasteiger partial charge in [0.25, 0.3) is 11.8 Å². The lowest BCUT2D eigenvalue weighted by atomic mass is 10.3. The number of hydrogen-bond donors (Lipinski definition) is 1. The number of hydrogen-bond acceptors (Lipinski definition) is 7. The van der Waals surface area contributed by atoms with Gasteiger partial charge in [0.2, 0.25) is 11.8 Å². The van der Waals surface area contributed by atoms with Crippen LogP contribution in [-0.2, 0) is 16.1 Å². The van der Waals surface area contributed by atoms with Gasteiger partial charge >= 0.3 is 0 Å². The molecule has 2 amide bonds. The zero-order chi connectivity index (χ0) is 20.6. The highest BCUT2D eigenvalue weighted by molar-refractivity contribution is 7.13. The third kappa shape index (κ3) is 5.64. The Labute approximate surface area is 172 Å². The highest BCUT2D eigenvalue weighted by Gasteiger charge is 2.19. The number of nitrogens with one attached hydrogen (secondary N) is 1. The number of nitrogens with zero attached hydrogens (tertiary/aromatic N) is 3. The first-order valence-electron chi connectivity index (χ1n) is 9.20. The maximum atomic E-state index is 12.7. The van der Waals surface area contributed by atoms with Crippen molar-refractivity contribution < 1.29 is 18.7 Å². The Morgan fingerprint density at radius 1 is 1.21 bits per heavy atom. The van der Waals surface area contributed by atoms with Crippen LogP contribution in [0.3, 0.4) is 0 Å². The van der Waals surface area contributed by atoms with Gasteiger partial charge in [-0.25, -0.2) is 0 Å². The summed E-state index contributed by atoms with van der Waals surface area (Å²) in [5.41, 5.74) is 0.521. The Hall–Kier alpha value is -3.20. The van der Waals surface area contributed by atoms with Crippen LogP contribution in [0.15, 0.2) is 46.2 Å². The van der Waals surface area contributed by atoms with Crippen molar-refractivity contribution in [3.63, 3.8) is 0 Å². The molecule has 0 atom stereocenters. The SMILES string of the molecule is CCCN(Cc1nnc(-c2cccs2)o1)C(=O)COc1ccccc1NC(C)=O. The van der Waals surface area contributed by atoms with E-state index in [4.69, 9.17) is 9.15 Å². The van der Waals surface area contributed by atoms with Crippen molar-refractivity contribution in [3.8, 4) is 16.5 Å². The Morgan fingerprint density at radius 2 is 2.03 bits per heavy atom. The van der Waals surface area contributed by atoms with Crippen molar-refractivity contribution >= 4 is 28.8 Å². The molecule has 0 radical (unpaired) electrons. The van der Waals surface area contributed by atoms with Gasteiger partial charge in [-0.3, -0.25) is 9.59 Å². The molecule has 0 bridgehead atoms. The molecule has 0 saturated heterocycles. The van der Waals surface area contributed by atoms with Crippen LogP contribution in [0, 0.1) is 0 Å². The van der Waals surface area contributed by atoms with Gasteiger partial charge in [0.05, 0.1) is 17.1 Å². The fourth-order valence-electron chi connectivity index (χ4n) is 2.66. The molecule has 8 nitrogen and oxygen atoms in total. The van der Waals surface area contributed by atoms with Crippen LogP contribution in [0.5, 0.6) is 5.75 Å². The molecular weight excluding hydrogens is 392 g/mol. The molecule has 0 saturated carbocycles. The van der Waals surface area contributed by atoms with Crippen molar-refractivity contribution in [1.29, 1.82) is 0 Å². The van der Waals surface area contributed by atoms with Crippen LogP contribution in [0.25, 0.3) is 10.8 Å². The summed E-state index contributed by atoms with van der Waals surface area (Å²) in [6, 6.07) is 10.8. The molecule has 1 aromatic carbocycles. The maximum absolute atomic E-state index is 12.7. The average molecular weight is 414 g/mol. The van der Waals surface area contributed by atoms with Crippen molar-refractivity contribution in [1.82, 2.24) is 15.1 Å². The monoisotopic (exact) mass is 414 g/mol. The molecule has 3 rings (SSSR count). The number of amides is 2. The summed E-state index contributed by atoms with van der Waals surface area (Å²) in [6.07, 6.45) is 0.778. The molecule has 0 aliphatic rings. The molecule has 29 heavy (non-hydrogen) atoms. The largest absolute Gasteiger partial charge is 0.482 e. The fourth-order valence-corrected chi connectivity index (χ4v) is 3.30. The lowest BCUT2D eigenvalue weighted by Crippen LogP contribution is -2.35. The van der Waals surface area contributed by atoms with Crippen LogP contribution in [-0.4, -0.2) is 40.1 Å². The summed E-state index contributed by atoms with van der Waals surface area (Å²) in [6.45, 7) is 3.98. The van der Waals surface area contributed by atoms with Gasteiger partial charge in [-0.2, -0.15) is 0 Å². The number of benzene rings is 1. The van der Waals surface area contributed by atoms with Crippen LogP contribution in [0.1, 0.15) is 26.2 Å². The van der Waals surface area contributed by atoms with Crippen LogP contribution in [0.2, 0.25) is 0 Å². The highest BCUT2D eigenvalue weighted by atomic mass is 32.1. The number of rotatable bonds is 9. The number of aromatic nitrogens is 2. The Kier molecular flexibility index (Phi) is 6.96. The lowest BCUT2D eigenvalue weighted by Gasteiger charge is -2.21. The second-order valence-corrected chi connectivity index (χ2v) is 7.21. The molecule has 3 aromatic rings. The lowest BCUT2D eigenvalue weighted by molar-refractivity contribution is -0.134. The molecule has 152 valence electrons. The third-order valence-corrected chi connectivity index (χ3v) is 4.78. The highest BCUT2D eigenvalue weighted by Crippen LogP contribution is 2.25. The van der Waals surface area contributed by atoms with Gasteiger partial charge in [0.15, 0.2) is 6.61 Å². The zero-order valence-electron chi connectivity index (χ0n) is 16.3. The second kappa shape index (κ2) is 9.83. The van der Waals surface area contributed by atoms with Crippen molar-refractivity contribution in [3.05, 3.63) is 47.7 Å². The number of anilines is 1. The number of carbonyl (C=O) groups is 2. The van der Waals surface area contributed by atoms with E-state index in [-0.39, 0.29) is 25.0 Å². The normalized spacial score (nSPS) is 10.6. The van der Waals surface area contributed by atoms with Crippen molar-refractivity contribution in [2.24, 2.45) is 0 Å². The summed E-state index contributed by atoms with van der Waals surface area (Å²) < 4.78 is 11.3. The van der Waals surface area contributed by atoms with Gasteiger partial charge < -0.3 is 19.4 Å². The van der Waals surface area contributed by atoms with Crippen molar-refractivity contribution in [2.45, 2.75) is 26.8 Å². The van der Waals surface area contributed by atoms with E-state index in [0.29, 0.717) is 29.8 Å². The minimum absolute atomic E-state index is 0.164. The maximum Gasteiger partial charge on any atom is 0.260 e. The molecule has 0 spiro atoms. The quantitative estimate of drug-likeness (QED) is 0.575. The Bertz CT molecular complexity index is 955. The Morgan fingerprint density at radius 3 is 2.76 bits per heavy atom. The second-order valence-electron chi connectivity index (χ2n) is 6.26. The van der Waals surface area contributed by atoms with Gasteiger partial charge in [-0.15, -0.1) is 21.5 Å². The zero-order valence-corrected chi connectivity index (χ0v) is 17.1.